The lowest BCUT2D eigenvalue weighted by Crippen LogP contribution is -2.34. The van der Waals surface area contributed by atoms with E-state index in [-0.39, 0.29) is 11.3 Å². The van der Waals surface area contributed by atoms with E-state index in [9.17, 15) is 23.1 Å². The third kappa shape index (κ3) is 5.01. The van der Waals surface area contributed by atoms with Crippen LogP contribution in [0.2, 0.25) is 5.02 Å². The van der Waals surface area contributed by atoms with E-state index in [1.165, 1.54) is 12.1 Å². The number of benzene rings is 2. The number of amides is 1. The summed E-state index contributed by atoms with van der Waals surface area (Å²) in [6.07, 6.45) is 4.14. The SMILES string of the molecule is Cc1ccc(S(=O)(=O)Nc2ccc(Cl)cc2)cc1NC(=O)C1CC=CCC1C(=O)O. The summed E-state index contributed by atoms with van der Waals surface area (Å²) in [6, 6.07) is 10.6. The molecular formula is C21H21ClN2O5S. The second kappa shape index (κ2) is 8.89. The number of aliphatic carboxylic acids is 1. The quantitative estimate of drug-likeness (QED) is 0.577. The summed E-state index contributed by atoms with van der Waals surface area (Å²) in [7, 11) is -3.90. The second-order valence-electron chi connectivity index (χ2n) is 7.07. The van der Waals surface area contributed by atoms with E-state index < -0.39 is 33.7 Å². The van der Waals surface area contributed by atoms with E-state index in [4.69, 9.17) is 11.6 Å². The van der Waals surface area contributed by atoms with Crippen LogP contribution < -0.4 is 10.0 Å². The van der Waals surface area contributed by atoms with Crippen molar-refractivity contribution in [2.24, 2.45) is 11.8 Å². The maximum atomic E-state index is 12.7. The minimum absolute atomic E-state index is 0.0309. The van der Waals surface area contributed by atoms with Gasteiger partial charge in [-0.25, -0.2) is 8.42 Å². The summed E-state index contributed by atoms with van der Waals surface area (Å²) in [5.74, 6) is -3.01. The number of aryl methyl sites for hydroxylation is 1. The van der Waals surface area contributed by atoms with Crippen molar-refractivity contribution in [2.45, 2.75) is 24.7 Å². The fourth-order valence-electron chi connectivity index (χ4n) is 3.24. The number of carbonyl (C=O) groups is 2. The summed E-state index contributed by atoms with van der Waals surface area (Å²) in [4.78, 5) is 24.2. The minimum atomic E-state index is -3.90. The van der Waals surface area contributed by atoms with Gasteiger partial charge >= 0.3 is 5.97 Å². The fraction of sp³-hybridized carbons (Fsp3) is 0.238. The molecule has 3 N–H and O–H groups in total. The van der Waals surface area contributed by atoms with E-state index in [0.717, 1.165) is 0 Å². The van der Waals surface area contributed by atoms with Crippen LogP contribution in [0.5, 0.6) is 0 Å². The number of rotatable bonds is 6. The number of carboxylic acids is 1. The fourth-order valence-corrected chi connectivity index (χ4v) is 4.45. The van der Waals surface area contributed by atoms with Crippen LogP contribution in [0.25, 0.3) is 0 Å². The Labute approximate surface area is 179 Å². The summed E-state index contributed by atoms with van der Waals surface area (Å²) < 4.78 is 27.9. The lowest BCUT2D eigenvalue weighted by molar-refractivity contribution is -0.146. The maximum absolute atomic E-state index is 12.7. The molecule has 1 aliphatic carbocycles. The number of hydrogen-bond acceptors (Lipinski definition) is 4. The number of anilines is 2. The molecule has 7 nitrogen and oxygen atoms in total. The van der Waals surface area contributed by atoms with Crippen LogP contribution >= 0.6 is 11.6 Å². The first-order chi connectivity index (χ1) is 14.2. The lowest BCUT2D eigenvalue weighted by atomic mass is 9.82. The molecule has 3 rings (SSSR count). The highest BCUT2D eigenvalue weighted by Gasteiger charge is 2.34. The Kier molecular flexibility index (Phi) is 6.48. The van der Waals surface area contributed by atoms with Crippen molar-refractivity contribution in [3.63, 3.8) is 0 Å². The minimum Gasteiger partial charge on any atom is -0.481 e. The van der Waals surface area contributed by atoms with Crippen LogP contribution in [0.3, 0.4) is 0 Å². The van der Waals surface area contributed by atoms with Gasteiger partial charge in [-0.3, -0.25) is 14.3 Å². The van der Waals surface area contributed by atoms with Crippen molar-refractivity contribution >= 4 is 44.9 Å². The standard InChI is InChI=1S/C21H21ClN2O5S/c1-13-6-11-16(30(28,29)24-15-9-7-14(22)8-10-15)12-19(13)23-20(25)17-4-2-3-5-18(17)21(26)27/h2-3,6-12,17-18,24H,4-5H2,1H3,(H,23,25)(H,26,27). The summed E-state index contributed by atoms with van der Waals surface area (Å²) in [5.41, 5.74) is 1.33. The van der Waals surface area contributed by atoms with Gasteiger partial charge in [-0.2, -0.15) is 0 Å². The highest BCUT2D eigenvalue weighted by Crippen LogP contribution is 2.29. The third-order valence-electron chi connectivity index (χ3n) is 4.96. The Morgan fingerprint density at radius 3 is 2.30 bits per heavy atom. The molecule has 0 aromatic heterocycles. The smallest absolute Gasteiger partial charge is 0.307 e. The third-order valence-corrected chi connectivity index (χ3v) is 6.59. The normalized spacial score (nSPS) is 18.6. The van der Waals surface area contributed by atoms with Crippen LogP contribution in [0.4, 0.5) is 11.4 Å². The van der Waals surface area contributed by atoms with E-state index >= 15 is 0 Å². The number of halogens is 1. The molecule has 0 heterocycles. The number of allylic oxidation sites excluding steroid dienone is 2. The molecule has 0 saturated carbocycles. The van der Waals surface area contributed by atoms with E-state index in [1.54, 1.807) is 49.4 Å². The van der Waals surface area contributed by atoms with Crippen molar-refractivity contribution in [1.29, 1.82) is 0 Å². The Hall–Kier alpha value is -2.84. The zero-order valence-corrected chi connectivity index (χ0v) is 17.7. The molecular weight excluding hydrogens is 428 g/mol. The highest BCUT2D eigenvalue weighted by molar-refractivity contribution is 7.92. The van der Waals surface area contributed by atoms with Crippen LogP contribution in [-0.2, 0) is 19.6 Å². The zero-order valence-electron chi connectivity index (χ0n) is 16.1. The molecule has 30 heavy (non-hydrogen) atoms. The van der Waals surface area contributed by atoms with Crippen molar-refractivity contribution < 1.29 is 23.1 Å². The molecule has 0 spiro atoms. The van der Waals surface area contributed by atoms with Crippen LogP contribution in [0, 0.1) is 18.8 Å². The monoisotopic (exact) mass is 448 g/mol. The molecule has 1 amide bonds. The predicted molar refractivity (Wildman–Crippen MR) is 115 cm³/mol. The number of nitrogens with one attached hydrogen (secondary N) is 2. The van der Waals surface area contributed by atoms with Crippen molar-refractivity contribution in [2.75, 3.05) is 10.0 Å². The molecule has 9 heteroatoms. The van der Waals surface area contributed by atoms with Gasteiger partial charge < -0.3 is 10.4 Å². The van der Waals surface area contributed by atoms with E-state index in [0.29, 0.717) is 28.4 Å². The van der Waals surface area contributed by atoms with Crippen LogP contribution in [0.15, 0.2) is 59.5 Å². The highest BCUT2D eigenvalue weighted by atomic mass is 35.5. The Morgan fingerprint density at radius 1 is 1.03 bits per heavy atom. The Morgan fingerprint density at radius 2 is 1.67 bits per heavy atom. The molecule has 1 aliphatic rings. The molecule has 0 radical (unpaired) electrons. The molecule has 2 atom stereocenters. The molecule has 0 fully saturated rings. The number of hydrogen-bond donors (Lipinski definition) is 3. The molecule has 0 bridgehead atoms. The first kappa shape index (κ1) is 21.9. The number of carboxylic acid groups (broad SMARTS) is 1. The topological polar surface area (TPSA) is 113 Å². The predicted octanol–water partition coefficient (Wildman–Crippen LogP) is 4.05. The molecule has 158 valence electrons. The molecule has 2 aromatic rings. The van der Waals surface area contributed by atoms with E-state index in [2.05, 4.69) is 10.0 Å². The van der Waals surface area contributed by atoms with Gasteiger partial charge in [0.05, 0.1) is 16.7 Å². The first-order valence-corrected chi connectivity index (χ1v) is 11.1. The van der Waals surface area contributed by atoms with Gasteiger partial charge in [0.25, 0.3) is 10.0 Å². The van der Waals surface area contributed by atoms with Gasteiger partial charge in [-0.1, -0.05) is 29.8 Å². The van der Waals surface area contributed by atoms with Crippen LogP contribution in [0.1, 0.15) is 18.4 Å². The van der Waals surface area contributed by atoms with Gasteiger partial charge in [0, 0.05) is 16.4 Å². The van der Waals surface area contributed by atoms with Gasteiger partial charge in [0.2, 0.25) is 5.91 Å². The lowest BCUT2D eigenvalue weighted by Gasteiger charge is -2.24. The molecule has 0 saturated heterocycles. The Bertz CT molecular complexity index is 1100. The Balaban J connectivity index is 1.82. The van der Waals surface area contributed by atoms with Crippen molar-refractivity contribution in [3.05, 3.63) is 65.2 Å². The van der Waals surface area contributed by atoms with Gasteiger partial charge in [0.15, 0.2) is 0 Å². The van der Waals surface area contributed by atoms with Gasteiger partial charge in [0.1, 0.15) is 0 Å². The van der Waals surface area contributed by atoms with Crippen molar-refractivity contribution in [1.82, 2.24) is 0 Å². The number of sulfonamides is 1. The number of carbonyl (C=O) groups excluding carboxylic acids is 1. The summed E-state index contributed by atoms with van der Waals surface area (Å²) in [6.45, 7) is 1.73. The van der Waals surface area contributed by atoms with E-state index in [1.807, 2.05) is 0 Å². The largest absolute Gasteiger partial charge is 0.481 e. The zero-order chi connectivity index (χ0) is 21.9. The first-order valence-electron chi connectivity index (χ1n) is 9.25. The van der Waals surface area contributed by atoms with Gasteiger partial charge in [-0.15, -0.1) is 0 Å². The molecule has 0 aliphatic heterocycles. The average molecular weight is 449 g/mol. The van der Waals surface area contributed by atoms with Crippen molar-refractivity contribution in [3.8, 4) is 0 Å². The molecule has 2 aromatic carbocycles. The second-order valence-corrected chi connectivity index (χ2v) is 9.19. The summed E-state index contributed by atoms with van der Waals surface area (Å²) >= 11 is 5.82. The molecule has 2 unspecified atom stereocenters. The van der Waals surface area contributed by atoms with Gasteiger partial charge in [-0.05, 0) is 61.7 Å². The van der Waals surface area contributed by atoms with Crippen LogP contribution in [-0.4, -0.2) is 25.4 Å². The maximum Gasteiger partial charge on any atom is 0.307 e. The average Bonchev–Trinajstić information content (AvgIpc) is 2.71. The summed E-state index contributed by atoms with van der Waals surface area (Å²) in [5, 5.41) is 12.6.